The molecule has 0 atom stereocenters. The minimum atomic E-state index is -0.308. The van der Waals surface area contributed by atoms with E-state index in [9.17, 15) is 13.9 Å². The molecule has 0 bridgehead atoms. The van der Waals surface area contributed by atoms with Gasteiger partial charge in [0.25, 0.3) is 0 Å². The van der Waals surface area contributed by atoms with Crippen LogP contribution in [0.4, 0.5) is 8.78 Å². The number of aliphatic hydroxyl groups excluding tert-OH is 1. The van der Waals surface area contributed by atoms with Crippen LogP contribution in [-0.4, -0.2) is 40.3 Å². The van der Waals surface area contributed by atoms with Gasteiger partial charge in [0, 0.05) is 48.0 Å². The lowest BCUT2D eigenvalue weighted by atomic mass is 9.91. The lowest BCUT2D eigenvalue weighted by Gasteiger charge is -2.36. The maximum atomic E-state index is 13.8. The van der Waals surface area contributed by atoms with E-state index in [0.29, 0.717) is 0 Å². The van der Waals surface area contributed by atoms with Crippen molar-refractivity contribution in [3.8, 4) is 0 Å². The molecule has 3 aromatic rings. The summed E-state index contributed by atoms with van der Waals surface area (Å²) < 4.78 is 29.8. The second-order valence-corrected chi connectivity index (χ2v) is 8.58. The normalized spacial score (nSPS) is 17.2. The van der Waals surface area contributed by atoms with Gasteiger partial charge in [0.05, 0.1) is 6.10 Å². The predicted octanol–water partition coefficient (Wildman–Crippen LogP) is 4.56. The molecule has 3 nitrogen and oxygen atoms in total. The molecule has 0 spiro atoms. The number of likely N-dealkylation sites (tertiary alicyclic amines) is 1. The molecule has 0 saturated carbocycles. The molecule has 0 amide bonds. The highest BCUT2D eigenvalue weighted by Crippen LogP contribution is 2.33. The fraction of sp³-hybridized carbons (Fsp3) is 0.455. The van der Waals surface area contributed by atoms with E-state index in [-0.39, 0.29) is 23.2 Å². The summed E-state index contributed by atoms with van der Waals surface area (Å²) in [6, 6.07) is 9.49. The standard InChI is InChI=1S/C22H26F2N2O/c1-22(2,13-25-9-7-17(27)8-10-25)14-26-20-5-3-15(23)11-18(20)19-12-16(24)4-6-21(19)26/h3-6,11-12,17,27H,7-10,13-14H2,1-2H3. The highest BCUT2D eigenvalue weighted by molar-refractivity contribution is 6.08. The van der Waals surface area contributed by atoms with Crippen molar-refractivity contribution in [1.29, 1.82) is 0 Å². The molecule has 5 heteroatoms. The quantitative estimate of drug-likeness (QED) is 0.727. The van der Waals surface area contributed by atoms with Crippen LogP contribution in [-0.2, 0) is 6.54 Å². The molecule has 1 saturated heterocycles. The average molecular weight is 372 g/mol. The van der Waals surface area contributed by atoms with Crippen LogP contribution >= 0.6 is 0 Å². The molecule has 27 heavy (non-hydrogen) atoms. The summed E-state index contributed by atoms with van der Waals surface area (Å²) >= 11 is 0. The molecule has 144 valence electrons. The van der Waals surface area contributed by atoms with Gasteiger partial charge in [-0.15, -0.1) is 0 Å². The fourth-order valence-electron chi connectivity index (χ4n) is 4.38. The number of fused-ring (bicyclic) bond motifs is 3. The molecule has 1 aromatic heterocycles. The topological polar surface area (TPSA) is 28.4 Å². The molecule has 0 aliphatic carbocycles. The van der Waals surface area contributed by atoms with Gasteiger partial charge < -0.3 is 14.6 Å². The SMILES string of the molecule is CC(C)(CN1CCC(O)CC1)Cn1c2ccc(F)cc2c2cc(F)ccc21. The van der Waals surface area contributed by atoms with E-state index in [1.807, 2.05) is 0 Å². The summed E-state index contributed by atoms with van der Waals surface area (Å²) in [6.07, 6.45) is 1.47. The summed E-state index contributed by atoms with van der Waals surface area (Å²) in [6.45, 7) is 7.94. The first-order valence-corrected chi connectivity index (χ1v) is 9.60. The highest BCUT2D eigenvalue weighted by atomic mass is 19.1. The Morgan fingerprint density at radius 2 is 1.44 bits per heavy atom. The lowest BCUT2D eigenvalue weighted by Crippen LogP contribution is -2.42. The molecule has 1 aliphatic heterocycles. The van der Waals surface area contributed by atoms with E-state index in [2.05, 4.69) is 23.3 Å². The van der Waals surface area contributed by atoms with E-state index < -0.39 is 0 Å². The number of piperidine rings is 1. The number of rotatable bonds is 4. The number of hydrogen-bond donors (Lipinski definition) is 1. The summed E-state index contributed by atoms with van der Waals surface area (Å²) in [5.41, 5.74) is 1.84. The van der Waals surface area contributed by atoms with Crippen LogP contribution in [0, 0.1) is 17.0 Å². The molecular formula is C22H26F2N2O. The number of aliphatic hydroxyl groups is 1. The van der Waals surface area contributed by atoms with E-state index in [4.69, 9.17) is 0 Å². The number of hydrogen-bond acceptors (Lipinski definition) is 2. The van der Waals surface area contributed by atoms with Crippen LogP contribution in [0.5, 0.6) is 0 Å². The largest absolute Gasteiger partial charge is 0.393 e. The van der Waals surface area contributed by atoms with Gasteiger partial charge in [-0.25, -0.2) is 8.78 Å². The maximum Gasteiger partial charge on any atom is 0.123 e. The predicted molar refractivity (Wildman–Crippen MR) is 105 cm³/mol. The summed E-state index contributed by atoms with van der Waals surface area (Å²) in [7, 11) is 0. The van der Waals surface area contributed by atoms with Gasteiger partial charge in [-0.2, -0.15) is 0 Å². The van der Waals surface area contributed by atoms with Crippen LogP contribution in [0.25, 0.3) is 21.8 Å². The van der Waals surface area contributed by atoms with Gasteiger partial charge in [-0.3, -0.25) is 0 Å². The molecule has 1 fully saturated rings. The molecule has 1 aliphatic rings. The summed E-state index contributed by atoms with van der Waals surface area (Å²) in [4.78, 5) is 2.40. The summed E-state index contributed by atoms with van der Waals surface area (Å²) in [5, 5.41) is 11.2. The Balaban J connectivity index is 1.69. The Bertz CT molecular complexity index is 912. The van der Waals surface area contributed by atoms with E-state index >= 15 is 0 Å². The lowest BCUT2D eigenvalue weighted by molar-refractivity contribution is 0.0602. The van der Waals surface area contributed by atoms with Crippen molar-refractivity contribution >= 4 is 21.8 Å². The molecule has 0 radical (unpaired) electrons. The van der Waals surface area contributed by atoms with Crippen molar-refractivity contribution in [2.45, 2.75) is 39.3 Å². The van der Waals surface area contributed by atoms with Crippen LogP contribution in [0.3, 0.4) is 0 Å². The maximum absolute atomic E-state index is 13.8. The number of nitrogens with zero attached hydrogens (tertiary/aromatic N) is 2. The van der Waals surface area contributed by atoms with Crippen molar-refractivity contribution in [3.63, 3.8) is 0 Å². The zero-order valence-corrected chi connectivity index (χ0v) is 15.9. The zero-order valence-electron chi connectivity index (χ0n) is 15.9. The Morgan fingerprint density at radius 3 is 1.96 bits per heavy atom. The van der Waals surface area contributed by atoms with Crippen molar-refractivity contribution in [2.75, 3.05) is 19.6 Å². The first kappa shape index (κ1) is 18.4. The average Bonchev–Trinajstić information content (AvgIpc) is 2.89. The molecular weight excluding hydrogens is 346 g/mol. The zero-order chi connectivity index (χ0) is 19.2. The number of aromatic nitrogens is 1. The van der Waals surface area contributed by atoms with Crippen LogP contribution < -0.4 is 0 Å². The monoisotopic (exact) mass is 372 g/mol. The van der Waals surface area contributed by atoms with Gasteiger partial charge in [0.15, 0.2) is 0 Å². The molecule has 0 unspecified atom stereocenters. The fourth-order valence-corrected chi connectivity index (χ4v) is 4.38. The Hall–Kier alpha value is -1.98. The third-order valence-electron chi connectivity index (χ3n) is 5.58. The molecule has 2 heterocycles. The van der Waals surface area contributed by atoms with Crippen LogP contribution in [0.2, 0.25) is 0 Å². The van der Waals surface area contributed by atoms with E-state index in [0.717, 1.165) is 60.8 Å². The van der Waals surface area contributed by atoms with Crippen LogP contribution in [0.1, 0.15) is 26.7 Å². The van der Waals surface area contributed by atoms with Crippen molar-refractivity contribution in [1.82, 2.24) is 9.47 Å². The molecule has 2 aromatic carbocycles. The minimum absolute atomic E-state index is 0.0239. The third kappa shape index (κ3) is 3.71. The molecule has 4 rings (SSSR count). The Morgan fingerprint density at radius 1 is 0.926 bits per heavy atom. The van der Waals surface area contributed by atoms with Gasteiger partial charge in [0.2, 0.25) is 0 Å². The van der Waals surface area contributed by atoms with Gasteiger partial charge in [0.1, 0.15) is 11.6 Å². The van der Waals surface area contributed by atoms with Crippen LogP contribution in [0.15, 0.2) is 36.4 Å². The smallest absolute Gasteiger partial charge is 0.123 e. The third-order valence-corrected chi connectivity index (χ3v) is 5.58. The van der Waals surface area contributed by atoms with Gasteiger partial charge >= 0.3 is 0 Å². The van der Waals surface area contributed by atoms with Crippen molar-refractivity contribution in [2.24, 2.45) is 5.41 Å². The number of halogens is 2. The first-order chi connectivity index (χ1) is 12.8. The second kappa shape index (κ2) is 6.88. The number of benzene rings is 2. The van der Waals surface area contributed by atoms with E-state index in [1.165, 1.54) is 24.3 Å². The van der Waals surface area contributed by atoms with Crippen molar-refractivity contribution in [3.05, 3.63) is 48.0 Å². The Labute approximate surface area is 158 Å². The minimum Gasteiger partial charge on any atom is -0.393 e. The second-order valence-electron chi connectivity index (χ2n) is 8.58. The molecule has 1 N–H and O–H groups in total. The van der Waals surface area contributed by atoms with Gasteiger partial charge in [-0.05, 0) is 54.7 Å². The highest BCUT2D eigenvalue weighted by Gasteiger charge is 2.27. The Kier molecular flexibility index (Phi) is 4.68. The van der Waals surface area contributed by atoms with E-state index in [1.54, 1.807) is 12.1 Å². The summed E-state index contributed by atoms with van der Waals surface area (Å²) in [5.74, 6) is -0.617. The van der Waals surface area contributed by atoms with Gasteiger partial charge in [-0.1, -0.05) is 13.8 Å². The first-order valence-electron chi connectivity index (χ1n) is 9.60. The van der Waals surface area contributed by atoms with Crippen molar-refractivity contribution < 1.29 is 13.9 Å².